The first-order valence-corrected chi connectivity index (χ1v) is 11.3. The molecule has 2 aromatic carbocycles. The number of carbonyl (C=O) groups excluding carboxylic acids is 1. The lowest BCUT2D eigenvalue weighted by atomic mass is 9.78. The lowest BCUT2D eigenvalue weighted by Crippen LogP contribution is -2.32. The van der Waals surface area contributed by atoms with E-state index in [1.807, 2.05) is 30.3 Å². The number of nitrogens with zero attached hydrogens (tertiary/aromatic N) is 2. The number of carbonyl (C=O) groups is 1. The number of nitrogens with one attached hydrogen (secondary N) is 1. The SMILES string of the molecule is COc1ccc([C@H]2CC(=O)C3=C(C2)Nc2nc4ccccc4n2[C@@H]3c2cccs2)cc1. The first kappa shape index (κ1) is 18.4. The molecular weight excluding hydrogens is 406 g/mol. The monoisotopic (exact) mass is 427 g/mol. The summed E-state index contributed by atoms with van der Waals surface area (Å²) >= 11 is 1.69. The minimum absolute atomic E-state index is 0.136. The van der Waals surface area contributed by atoms with Gasteiger partial charge in [-0.1, -0.05) is 30.3 Å². The number of fused-ring (bicyclic) bond motifs is 3. The number of thiophene rings is 1. The summed E-state index contributed by atoms with van der Waals surface area (Å²) in [6, 6.07) is 20.2. The van der Waals surface area contributed by atoms with Crippen LogP contribution < -0.4 is 10.1 Å². The largest absolute Gasteiger partial charge is 0.497 e. The van der Waals surface area contributed by atoms with Crippen molar-refractivity contribution >= 4 is 34.1 Å². The Labute approximate surface area is 184 Å². The molecule has 5 nitrogen and oxygen atoms in total. The van der Waals surface area contributed by atoms with Gasteiger partial charge in [-0.15, -0.1) is 11.3 Å². The van der Waals surface area contributed by atoms with Crippen molar-refractivity contribution in [3.63, 3.8) is 0 Å². The molecule has 1 aliphatic heterocycles. The molecule has 0 spiro atoms. The zero-order chi connectivity index (χ0) is 20.9. The molecule has 2 atom stereocenters. The molecule has 0 radical (unpaired) electrons. The molecule has 0 fully saturated rings. The van der Waals surface area contributed by atoms with Gasteiger partial charge in [0.15, 0.2) is 5.78 Å². The number of hydrogen-bond donors (Lipinski definition) is 1. The Balaban J connectivity index is 1.47. The van der Waals surface area contributed by atoms with Gasteiger partial charge in [0, 0.05) is 22.6 Å². The van der Waals surface area contributed by atoms with E-state index in [4.69, 9.17) is 9.72 Å². The van der Waals surface area contributed by atoms with E-state index in [0.717, 1.165) is 50.9 Å². The number of benzene rings is 2. The van der Waals surface area contributed by atoms with Gasteiger partial charge in [-0.25, -0.2) is 4.98 Å². The predicted octanol–water partition coefficient (Wildman–Crippen LogP) is 5.52. The van der Waals surface area contributed by atoms with Crippen molar-refractivity contribution in [1.29, 1.82) is 0 Å². The highest BCUT2D eigenvalue weighted by Gasteiger charge is 2.39. The second-order valence-electron chi connectivity index (χ2n) is 8.03. The zero-order valence-electron chi connectivity index (χ0n) is 17.0. The van der Waals surface area contributed by atoms with Gasteiger partial charge < -0.3 is 10.1 Å². The van der Waals surface area contributed by atoms with Crippen molar-refractivity contribution in [2.45, 2.75) is 24.8 Å². The van der Waals surface area contributed by atoms with Gasteiger partial charge in [-0.05, 0) is 53.6 Å². The van der Waals surface area contributed by atoms with Crippen molar-refractivity contribution in [3.05, 3.63) is 87.8 Å². The second kappa shape index (κ2) is 7.10. The Morgan fingerprint density at radius 2 is 1.90 bits per heavy atom. The van der Waals surface area contributed by atoms with Crippen molar-refractivity contribution in [3.8, 4) is 5.75 Å². The average Bonchev–Trinajstić information content (AvgIpc) is 3.45. The van der Waals surface area contributed by atoms with Crippen LogP contribution in [0.5, 0.6) is 5.75 Å². The topological polar surface area (TPSA) is 56.1 Å². The summed E-state index contributed by atoms with van der Waals surface area (Å²) in [5, 5.41) is 5.60. The molecule has 3 heterocycles. The highest BCUT2D eigenvalue weighted by Crippen LogP contribution is 2.46. The first-order valence-electron chi connectivity index (χ1n) is 10.4. The molecule has 0 saturated heterocycles. The molecule has 1 N–H and O–H groups in total. The number of rotatable bonds is 3. The van der Waals surface area contributed by atoms with Crippen molar-refractivity contribution in [2.24, 2.45) is 0 Å². The van der Waals surface area contributed by atoms with Gasteiger partial charge in [0.25, 0.3) is 0 Å². The van der Waals surface area contributed by atoms with Crippen LogP contribution in [0.15, 0.2) is 77.3 Å². The van der Waals surface area contributed by atoms with Gasteiger partial charge in [-0.2, -0.15) is 0 Å². The molecule has 0 bridgehead atoms. The van der Waals surface area contributed by atoms with Gasteiger partial charge in [0.2, 0.25) is 5.95 Å². The van der Waals surface area contributed by atoms with Crippen LogP contribution in [0.4, 0.5) is 5.95 Å². The standard InChI is InChI=1S/C25H21N3O2S/c1-30-17-10-8-15(9-11-17)16-13-19-23(21(29)14-16)24(22-7-4-12-31-22)28-20-6-3-2-5-18(20)26-25(28)27-19/h2-12,16,24H,13-14H2,1H3,(H,26,27)/t16-,24-/m1/s1. The van der Waals surface area contributed by atoms with Gasteiger partial charge in [-0.3, -0.25) is 9.36 Å². The third kappa shape index (κ3) is 2.90. The molecule has 6 rings (SSSR count). The number of aromatic nitrogens is 2. The van der Waals surface area contributed by atoms with Crippen LogP contribution in [0, 0.1) is 0 Å². The number of para-hydroxylation sites is 2. The molecule has 31 heavy (non-hydrogen) atoms. The van der Waals surface area contributed by atoms with Crippen molar-refractivity contribution in [1.82, 2.24) is 9.55 Å². The third-order valence-corrected chi connectivity index (χ3v) is 7.22. The van der Waals surface area contributed by atoms with Gasteiger partial charge in [0.1, 0.15) is 11.8 Å². The summed E-state index contributed by atoms with van der Waals surface area (Å²) < 4.78 is 7.47. The number of anilines is 1. The summed E-state index contributed by atoms with van der Waals surface area (Å²) in [6.07, 6.45) is 1.30. The Hall–Kier alpha value is -3.38. The number of allylic oxidation sites excluding steroid dienone is 2. The van der Waals surface area contributed by atoms with Crippen LogP contribution in [-0.4, -0.2) is 22.4 Å². The third-order valence-electron chi connectivity index (χ3n) is 6.30. The van der Waals surface area contributed by atoms with Gasteiger partial charge in [0.05, 0.1) is 18.1 Å². The summed E-state index contributed by atoms with van der Waals surface area (Å²) in [7, 11) is 1.67. The molecule has 2 aliphatic rings. The highest BCUT2D eigenvalue weighted by atomic mass is 32.1. The predicted molar refractivity (Wildman–Crippen MR) is 123 cm³/mol. The lowest BCUT2D eigenvalue weighted by Gasteiger charge is -2.35. The maximum atomic E-state index is 13.6. The van der Waals surface area contributed by atoms with Crippen LogP contribution in [0.3, 0.4) is 0 Å². The van der Waals surface area contributed by atoms with Crippen molar-refractivity contribution in [2.75, 3.05) is 12.4 Å². The van der Waals surface area contributed by atoms with Crippen LogP contribution in [-0.2, 0) is 4.79 Å². The summed E-state index contributed by atoms with van der Waals surface area (Å²) in [5.41, 5.74) is 5.01. The first-order chi connectivity index (χ1) is 15.2. The number of hydrogen-bond acceptors (Lipinski definition) is 5. The van der Waals surface area contributed by atoms with E-state index in [2.05, 4.69) is 45.6 Å². The maximum absolute atomic E-state index is 13.6. The quantitative estimate of drug-likeness (QED) is 0.468. The summed E-state index contributed by atoms with van der Waals surface area (Å²) in [5.74, 6) is 1.98. The van der Waals surface area contributed by atoms with Crippen LogP contribution in [0.1, 0.15) is 35.2 Å². The number of imidazole rings is 1. The minimum atomic E-state index is -0.136. The van der Waals surface area contributed by atoms with Crippen LogP contribution in [0.25, 0.3) is 11.0 Å². The van der Waals surface area contributed by atoms with E-state index in [9.17, 15) is 4.79 Å². The number of methoxy groups -OCH3 is 1. The Bertz CT molecular complexity index is 1320. The molecule has 1 aliphatic carbocycles. The van der Waals surface area contributed by atoms with Crippen LogP contribution >= 0.6 is 11.3 Å². The van der Waals surface area contributed by atoms with E-state index < -0.39 is 0 Å². The molecule has 0 unspecified atom stereocenters. The average molecular weight is 428 g/mol. The lowest BCUT2D eigenvalue weighted by molar-refractivity contribution is -0.116. The van der Waals surface area contributed by atoms with E-state index in [1.165, 1.54) is 0 Å². The molecule has 154 valence electrons. The molecule has 0 amide bonds. The molecular formula is C25H21N3O2S. The van der Waals surface area contributed by atoms with Crippen molar-refractivity contribution < 1.29 is 9.53 Å². The maximum Gasteiger partial charge on any atom is 0.209 e. The number of ketones is 1. The molecule has 6 heteroatoms. The van der Waals surface area contributed by atoms with Gasteiger partial charge >= 0.3 is 0 Å². The van der Waals surface area contributed by atoms with E-state index in [-0.39, 0.29) is 17.7 Å². The normalized spacial score (nSPS) is 20.4. The van der Waals surface area contributed by atoms with E-state index in [1.54, 1.807) is 18.4 Å². The van der Waals surface area contributed by atoms with Crippen LogP contribution in [0.2, 0.25) is 0 Å². The summed E-state index contributed by atoms with van der Waals surface area (Å²) in [6.45, 7) is 0. The van der Waals surface area contributed by atoms with E-state index in [0.29, 0.717) is 6.42 Å². The fourth-order valence-corrected chi connectivity index (χ4v) is 5.68. The fourth-order valence-electron chi connectivity index (χ4n) is 4.85. The van der Waals surface area contributed by atoms with E-state index >= 15 is 0 Å². The Morgan fingerprint density at radius 1 is 1.06 bits per heavy atom. The minimum Gasteiger partial charge on any atom is -0.497 e. The number of Topliss-reactive ketones (excluding diaryl/α,β-unsaturated/α-hetero) is 1. The highest BCUT2D eigenvalue weighted by molar-refractivity contribution is 7.10. The zero-order valence-corrected chi connectivity index (χ0v) is 17.9. The molecule has 0 saturated carbocycles. The second-order valence-corrected chi connectivity index (χ2v) is 9.01. The molecule has 2 aromatic heterocycles. The summed E-state index contributed by atoms with van der Waals surface area (Å²) in [4.78, 5) is 19.6. The fraction of sp³-hybridized carbons (Fsp3) is 0.200. The molecule has 4 aromatic rings. The Morgan fingerprint density at radius 3 is 2.68 bits per heavy atom. The Kier molecular flexibility index (Phi) is 4.21. The smallest absolute Gasteiger partial charge is 0.209 e. The number of ether oxygens (including phenoxy) is 1.